The first-order chi connectivity index (χ1) is 15.6. The van der Waals surface area contributed by atoms with Crippen LogP contribution in [0.15, 0.2) is 71.7 Å². The van der Waals surface area contributed by atoms with E-state index >= 15 is 0 Å². The van der Waals surface area contributed by atoms with Crippen molar-refractivity contribution in [2.45, 2.75) is 0 Å². The third kappa shape index (κ3) is 4.08. The number of halogens is 2. The Bertz CT molecular complexity index is 1440. The lowest BCUT2D eigenvalue weighted by atomic mass is 9.97. The van der Waals surface area contributed by atoms with Crippen LogP contribution in [-0.4, -0.2) is 30.4 Å². The van der Waals surface area contributed by atoms with Gasteiger partial charge in [0, 0.05) is 33.8 Å². The first-order valence-electron chi connectivity index (χ1n) is 9.56. The molecule has 0 fully saturated rings. The molecule has 0 bridgehead atoms. The van der Waals surface area contributed by atoms with Gasteiger partial charge in [-0.3, -0.25) is 0 Å². The molecule has 10 heteroatoms. The van der Waals surface area contributed by atoms with Crippen LogP contribution in [0.1, 0.15) is 0 Å². The number of hydrogen-bond donors (Lipinski definition) is 1. The fourth-order valence-electron chi connectivity index (χ4n) is 3.28. The highest BCUT2D eigenvalue weighted by atomic mass is 35.5. The van der Waals surface area contributed by atoms with Gasteiger partial charge < -0.3 is 0 Å². The predicted octanol–water partition coefficient (Wildman–Crippen LogP) is 5.53. The molecule has 2 heterocycles. The zero-order valence-electron chi connectivity index (χ0n) is 16.7. The van der Waals surface area contributed by atoms with E-state index in [0.717, 1.165) is 37.8 Å². The first-order valence-corrected chi connectivity index (χ1v) is 11.1. The van der Waals surface area contributed by atoms with Crippen molar-refractivity contribution in [3.8, 4) is 33.1 Å². The Labute approximate surface area is 197 Å². The maximum absolute atomic E-state index is 6.12. The molecule has 0 spiro atoms. The highest BCUT2D eigenvalue weighted by Gasteiger charge is 2.15. The second-order valence-electron chi connectivity index (χ2n) is 6.89. The van der Waals surface area contributed by atoms with Gasteiger partial charge in [0.2, 0.25) is 4.80 Å². The predicted molar refractivity (Wildman–Crippen MR) is 127 cm³/mol. The molecule has 0 aliphatic rings. The van der Waals surface area contributed by atoms with Gasteiger partial charge in [0.25, 0.3) is 0 Å². The maximum atomic E-state index is 6.12. The van der Waals surface area contributed by atoms with Gasteiger partial charge in [0.15, 0.2) is 5.82 Å². The Kier molecular flexibility index (Phi) is 5.57. The molecule has 0 atom stereocenters. The molecule has 0 saturated carbocycles. The number of aromatic nitrogens is 6. The fourth-order valence-corrected chi connectivity index (χ4v) is 4.44. The molecule has 5 rings (SSSR count). The van der Waals surface area contributed by atoms with Crippen molar-refractivity contribution in [3.05, 3.63) is 81.6 Å². The van der Waals surface area contributed by atoms with E-state index in [4.69, 9.17) is 28.2 Å². The fraction of sp³-hybridized carbons (Fsp3) is 0.0455. The van der Waals surface area contributed by atoms with Gasteiger partial charge in [-0.05, 0) is 46.3 Å². The summed E-state index contributed by atoms with van der Waals surface area (Å²) in [5.74, 6) is 0.558. The third-order valence-corrected chi connectivity index (χ3v) is 6.34. The summed E-state index contributed by atoms with van der Waals surface area (Å²) in [6.07, 6.45) is 0. The molecule has 0 aliphatic carbocycles. The minimum Gasteiger partial charge on any atom is -0.241 e. The van der Waals surface area contributed by atoms with E-state index in [9.17, 15) is 0 Å². The van der Waals surface area contributed by atoms with Crippen LogP contribution in [0.4, 0.5) is 5.69 Å². The Morgan fingerprint density at radius 3 is 2.25 bits per heavy atom. The highest BCUT2D eigenvalue weighted by molar-refractivity contribution is 7.12. The summed E-state index contributed by atoms with van der Waals surface area (Å²) in [6, 6.07) is 21.0. The van der Waals surface area contributed by atoms with Crippen molar-refractivity contribution < 1.29 is 0 Å². The highest BCUT2D eigenvalue weighted by Crippen LogP contribution is 2.38. The van der Waals surface area contributed by atoms with Gasteiger partial charge in [0.1, 0.15) is 5.01 Å². The van der Waals surface area contributed by atoms with Crippen molar-refractivity contribution in [2.24, 2.45) is 12.0 Å². The Morgan fingerprint density at radius 2 is 1.59 bits per heavy atom. The van der Waals surface area contributed by atoms with E-state index in [1.165, 1.54) is 11.3 Å². The summed E-state index contributed by atoms with van der Waals surface area (Å²) in [7, 11) is 1.88. The molecule has 0 aliphatic heterocycles. The molecule has 158 valence electrons. The molecule has 2 aromatic heterocycles. The smallest absolute Gasteiger partial charge is 0.208 e. The lowest BCUT2D eigenvalue weighted by Crippen LogP contribution is -2.11. The molecule has 0 radical (unpaired) electrons. The van der Waals surface area contributed by atoms with Gasteiger partial charge in [-0.1, -0.05) is 70.9 Å². The van der Waals surface area contributed by atoms with Crippen LogP contribution in [0.25, 0.3) is 33.1 Å². The van der Waals surface area contributed by atoms with Gasteiger partial charge >= 0.3 is 0 Å². The summed E-state index contributed by atoms with van der Waals surface area (Å²) >= 11 is 13.6. The van der Waals surface area contributed by atoms with Gasteiger partial charge in [0.05, 0.1) is 5.69 Å². The number of H-pyrrole nitrogens is 1. The average Bonchev–Trinajstić information content (AvgIpc) is 3.45. The normalized spacial score (nSPS) is 11.8. The lowest BCUT2D eigenvalue weighted by molar-refractivity contribution is 0.732. The van der Waals surface area contributed by atoms with Gasteiger partial charge in [-0.25, -0.2) is 14.8 Å². The summed E-state index contributed by atoms with van der Waals surface area (Å²) in [5.41, 5.74) is 4.43. The average molecular weight is 480 g/mol. The zero-order valence-corrected chi connectivity index (χ0v) is 19.0. The molecule has 0 unspecified atom stereocenters. The largest absolute Gasteiger partial charge is 0.241 e. The molecule has 32 heavy (non-hydrogen) atoms. The van der Waals surface area contributed by atoms with Crippen LogP contribution in [0.5, 0.6) is 0 Å². The van der Waals surface area contributed by atoms with E-state index < -0.39 is 0 Å². The molecular formula is C22H15Cl2N7S. The van der Waals surface area contributed by atoms with E-state index in [2.05, 4.69) is 25.7 Å². The second-order valence-corrected chi connectivity index (χ2v) is 8.72. The monoisotopic (exact) mass is 479 g/mol. The standard InChI is InChI=1S/C22H15Cl2N7S/c1-31-22(32-21(28-31)14-7-11-16(24)12-8-14)25-18-4-2-3-17(20-26-29-30-27-20)19(18)13-5-9-15(23)10-6-13/h2-12H,1H3,(H,26,27,29,30). The molecule has 7 nitrogen and oxygen atoms in total. The minimum atomic E-state index is 0.558. The van der Waals surface area contributed by atoms with Gasteiger partial charge in [-0.15, -0.1) is 5.10 Å². The SMILES string of the molecule is Cn1nc(-c2ccc(Cl)cc2)sc1=Nc1cccc(-c2nnn[nH]2)c1-c1ccc(Cl)cc1. The minimum absolute atomic E-state index is 0.558. The van der Waals surface area contributed by atoms with Crippen LogP contribution in [0.2, 0.25) is 10.0 Å². The number of rotatable bonds is 4. The van der Waals surface area contributed by atoms with Crippen molar-refractivity contribution in [2.75, 3.05) is 0 Å². The summed E-state index contributed by atoms with van der Waals surface area (Å²) in [5, 5.41) is 21.2. The topological polar surface area (TPSA) is 84.6 Å². The number of benzene rings is 3. The molecule has 5 aromatic rings. The number of aryl methyl sites for hydroxylation is 1. The van der Waals surface area contributed by atoms with Crippen molar-refractivity contribution in [1.82, 2.24) is 30.4 Å². The number of aromatic amines is 1. The molecular weight excluding hydrogens is 465 g/mol. The second kappa shape index (κ2) is 8.66. The first kappa shape index (κ1) is 20.6. The van der Waals surface area contributed by atoms with E-state index in [1.807, 2.05) is 73.8 Å². The van der Waals surface area contributed by atoms with Crippen LogP contribution < -0.4 is 4.80 Å². The van der Waals surface area contributed by atoms with Crippen molar-refractivity contribution >= 4 is 40.2 Å². The molecule has 3 aromatic carbocycles. The maximum Gasteiger partial charge on any atom is 0.208 e. The number of hydrogen-bond acceptors (Lipinski definition) is 6. The number of nitrogens with one attached hydrogen (secondary N) is 1. The third-order valence-electron chi connectivity index (χ3n) is 4.79. The van der Waals surface area contributed by atoms with E-state index in [1.54, 1.807) is 4.68 Å². The number of nitrogens with zero attached hydrogens (tertiary/aromatic N) is 6. The van der Waals surface area contributed by atoms with E-state index in [0.29, 0.717) is 15.9 Å². The van der Waals surface area contributed by atoms with Crippen LogP contribution in [0.3, 0.4) is 0 Å². The van der Waals surface area contributed by atoms with Crippen LogP contribution in [0, 0.1) is 0 Å². The van der Waals surface area contributed by atoms with Crippen LogP contribution >= 0.6 is 34.5 Å². The molecule has 0 amide bonds. The number of tetrazole rings is 1. The molecule has 0 saturated heterocycles. The van der Waals surface area contributed by atoms with Gasteiger partial charge in [-0.2, -0.15) is 5.10 Å². The van der Waals surface area contributed by atoms with Crippen molar-refractivity contribution in [3.63, 3.8) is 0 Å². The summed E-state index contributed by atoms with van der Waals surface area (Å²) < 4.78 is 1.77. The van der Waals surface area contributed by atoms with Crippen LogP contribution in [-0.2, 0) is 7.05 Å². The Hall–Kier alpha value is -3.33. The lowest BCUT2D eigenvalue weighted by Gasteiger charge is -2.11. The zero-order chi connectivity index (χ0) is 22.1. The Balaban J connectivity index is 1.69. The van der Waals surface area contributed by atoms with Crippen molar-refractivity contribution in [1.29, 1.82) is 0 Å². The summed E-state index contributed by atoms with van der Waals surface area (Å²) in [4.78, 5) is 5.70. The Morgan fingerprint density at radius 1 is 0.906 bits per heavy atom. The quantitative estimate of drug-likeness (QED) is 0.366. The van der Waals surface area contributed by atoms with E-state index in [-0.39, 0.29) is 0 Å². The molecule has 1 N–H and O–H groups in total. The summed E-state index contributed by atoms with van der Waals surface area (Å²) in [6.45, 7) is 0.